The van der Waals surface area contributed by atoms with Gasteiger partial charge in [-0.1, -0.05) is 0 Å². The molecule has 3 aliphatic rings. The highest BCUT2D eigenvalue weighted by Gasteiger charge is 2.61. The van der Waals surface area contributed by atoms with Crippen LogP contribution < -0.4 is 0 Å². The summed E-state index contributed by atoms with van der Waals surface area (Å²) in [7, 11) is 0. The molecule has 0 amide bonds. The molecule has 2 heterocycles. The van der Waals surface area contributed by atoms with Crippen molar-refractivity contribution in [3.8, 4) is 0 Å². The van der Waals surface area contributed by atoms with Crippen molar-refractivity contribution in [2.75, 3.05) is 0 Å². The predicted octanol–water partition coefficient (Wildman–Crippen LogP) is 1.67. The lowest BCUT2D eigenvalue weighted by Crippen LogP contribution is -2.62. The lowest BCUT2D eigenvalue weighted by atomic mass is 9.59. The lowest BCUT2D eigenvalue weighted by molar-refractivity contribution is -0.229. The van der Waals surface area contributed by atoms with Crippen molar-refractivity contribution in [3.05, 3.63) is 0 Å². The van der Waals surface area contributed by atoms with E-state index in [1.807, 2.05) is 20.8 Å². The maximum Gasteiger partial charge on any atom is 0.321 e. The Kier molecular flexibility index (Phi) is 1.97. The Balaban J connectivity index is 2.02. The molecule has 4 atom stereocenters. The Morgan fingerprint density at radius 3 is 2.47 bits per heavy atom. The first-order valence-corrected chi connectivity index (χ1v) is 6.28. The van der Waals surface area contributed by atoms with E-state index in [-0.39, 0.29) is 23.4 Å². The molecule has 0 aromatic heterocycles. The van der Waals surface area contributed by atoms with E-state index in [1.165, 1.54) is 0 Å². The third kappa shape index (κ3) is 1.42. The van der Waals surface area contributed by atoms with Gasteiger partial charge in [0.25, 0.3) is 0 Å². The van der Waals surface area contributed by atoms with Crippen LogP contribution in [0.3, 0.4) is 0 Å². The molecule has 3 fully saturated rings. The second kappa shape index (κ2) is 3.03. The summed E-state index contributed by atoms with van der Waals surface area (Å²) in [6.45, 7) is 5.88. The molecule has 0 aromatic rings. The van der Waals surface area contributed by atoms with Gasteiger partial charge in [-0.05, 0) is 46.0 Å². The minimum Gasteiger partial charge on any atom is -0.459 e. The van der Waals surface area contributed by atoms with Gasteiger partial charge >= 0.3 is 11.9 Å². The van der Waals surface area contributed by atoms with Crippen LogP contribution in [0.2, 0.25) is 0 Å². The summed E-state index contributed by atoms with van der Waals surface area (Å²) in [6.07, 6.45) is 2.63. The molecule has 4 nitrogen and oxygen atoms in total. The highest BCUT2D eigenvalue weighted by molar-refractivity contribution is 5.96. The van der Waals surface area contributed by atoms with Gasteiger partial charge in [-0.3, -0.25) is 9.59 Å². The molecule has 2 aliphatic heterocycles. The van der Waals surface area contributed by atoms with Gasteiger partial charge in [0, 0.05) is 5.92 Å². The van der Waals surface area contributed by atoms with E-state index in [0.717, 1.165) is 19.3 Å². The molecule has 3 rings (SSSR count). The monoisotopic (exact) mass is 238 g/mol. The normalized spacial score (nSPS) is 47.1. The van der Waals surface area contributed by atoms with Crippen molar-refractivity contribution in [2.24, 2.45) is 17.8 Å². The Morgan fingerprint density at radius 2 is 1.76 bits per heavy atom. The minimum atomic E-state index is -0.679. The first kappa shape index (κ1) is 11.1. The number of hydrogen-bond donors (Lipinski definition) is 0. The molecule has 1 aliphatic carbocycles. The molecular weight excluding hydrogens is 220 g/mol. The largest absolute Gasteiger partial charge is 0.459 e. The summed E-state index contributed by atoms with van der Waals surface area (Å²) < 4.78 is 10.9. The van der Waals surface area contributed by atoms with Crippen molar-refractivity contribution in [2.45, 2.75) is 51.2 Å². The molecular formula is C13H18O4. The Hall–Kier alpha value is -1.06. The van der Waals surface area contributed by atoms with E-state index < -0.39 is 17.5 Å². The van der Waals surface area contributed by atoms with E-state index in [4.69, 9.17) is 9.47 Å². The Morgan fingerprint density at radius 1 is 1.12 bits per heavy atom. The van der Waals surface area contributed by atoms with E-state index >= 15 is 0 Å². The summed E-state index contributed by atoms with van der Waals surface area (Å²) >= 11 is 0. The van der Waals surface area contributed by atoms with Gasteiger partial charge in [0.2, 0.25) is 0 Å². The molecule has 2 bridgehead atoms. The number of ether oxygens (including phenoxy) is 2. The maximum absolute atomic E-state index is 11.9. The molecule has 2 saturated heterocycles. The Bertz CT molecular complexity index is 392. The quantitative estimate of drug-likeness (QED) is 0.476. The topological polar surface area (TPSA) is 52.6 Å². The SMILES string of the molecule is CC1(C)OC(=O)[C@H]2C(=O)O[C@]3(C)CC[C@@H]1[C@@H]2C3. The summed E-state index contributed by atoms with van der Waals surface area (Å²) in [5.41, 5.74) is -0.806. The minimum absolute atomic E-state index is 0.103. The van der Waals surface area contributed by atoms with E-state index in [9.17, 15) is 9.59 Å². The van der Waals surface area contributed by atoms with Crippen LogP contribution in [-0.4, -0.2) is 23.1 Å². The lowest BCUT2D eigenvalue weighted by Gasteiger charge is -2.55. The van der Waals surface area contributed by atoms with Crippen LogP contribution in [0, 0.1) is 17.8 Å². The number of carbonyl (C=O) groups is 2. The molecule has 0 radical (unpaired) electrons. The van der Waals surface area contributed by atoms with Crippen LogP contribution in [0.25, 0.3) is 0 Å². The van der Waals surface area contributed by atoms with Crippen molar-refractivity contribution >= 4 is 11.9 Å². The highest BCUT2D eigenvalue weighted by atomic mass is 16.6. The van der Waals surface area contributed by atoms with Gasteiger partial charge in [0.15, 0.2) is 5.92 Å². The van der Waals surface area contributed by atoms with Gasteiger partial charge in [-0.25, -0.2) is 0 Å². The van der Waals surface area contributed by atoms with E-state index in [2.05, 4.69) is 0 Å². The van der Waals surface area contributed by atoms with Crippen LogP contribution in [0.4, 0.5) is 0 Å². The second-order valence-corrected chi connectivity index (χ2v) is 6.39. The first-order valence-electron chi connectivity index (χ1n) is 6.28. The molecule has 0 unspecified atom stereocenters. The summed E-state index contributed by atoms with van der Waals surface area (Å²) in [6, 6.07) is 0. The summed E-state index contributed by atoms with van der Waals surface area (Å²) in [4.78, 5) is 23.8. The van der Waals surface area contributed by atoms with Crippen LogP contribution in [0.15, 0.2) is 0 Å². The van der Waals surface area contributed by atoms with Crippen LogP contribution in [-0.2, 0) is 19.1 Å². The van der Waals surface area contributed by atoms with Gasteiger partial charge < -0.3 is 9.47 Å². The van der Waals surface area contributed by atoms with Gasteiger partial charge in [0.05, 0.1) is 0 Å². The number of carbonyl (C=O) groups excluding carboxylic acids is 2. The molecule has 0 aromatic carbocycles. The smallest absolute Gasteiger partial charge is 0.321 e. The predicted molar refractivity (Wildman–Crippen MR) is 59.0 cm³/mol. The molecule has 1 saturated carbocycles. The maximum atomic E-state index is 11.9. The van der Waals surface area contributed by atoms with Crippen molar-refractivity contribution < 1.29 is 19.1 Å². The average Bonchev–Trinajstić information content (AvgIpc) is 2.12. The summed E-state index contributed by atoms with van der Waals surface area (Å²) in [5.74, 6) is -1.07. The Labute approximate surface area is 101 Å². The standard InChI is InChI=1S/C13H18O4/c1-12(2)8-4-5-13(3)6-7(8)9(10(14)16-12)11(15)17-13/h7-9H,4-6H2,1-3H3/t7-,8+,9-,13+/m0/s1. The van der Waals surface area contributed by atoms with Crippen LogP contribution in [0.1, 0.15) is 40.0 Å². The third-order valence-electron chi connectivity index (χ3n) is 4.71. The number of fused-ring (bicyclic) bond motifs is 1. The zero-order valence-electron chi connectivity index (χ0n) is 10.5. The van der Waals surface area contributed by atoms with E-state index in [0.29, 0.717) is 0 Å². The van der Waals surface area contributed by atoms with Crippen molar-refractivity contribution in [1.82, 2.24) is 0 Å². The fraction of sp³-hybridized carbons (Fsp3) is 0.846. The average molecular weight is 238 g/mol. The number of cyclic esters (lactones) is 1. The molecule has 0 N–H and O–H groups in total. The molecule has 4 heteroatoms. The zero-order valence-corrected chi connectivity index (χ0v) is 10.5. The van der Waals surface area contributed by atoms with Gasteiger partial charge in [-0.15, -0.1) is 0 Å². The molecule has 94 valence electrons. The van der Waals surface area contributed by atoms with E-state index in [1.54, 1.807) is 0 Å². The van der Waals surface area contributed by atoms with Gasteiger partial charge in [-0.2, -0.15) is 0 Å². The van der Waals surface area contributed by atoms with Crippen molar-refractivity contribution in [1.29, 1.82) is 0 Å². The second-order valence-electron chi connectivity index (χ2n) is 6.39. The highest BCUT2D eigenvalue weighted by Crippen LogP contribution is 2.53. The fourth-order valence-electron chi connectivity index (χ4n) is 3.87. The molecule has 0 spiro atoms. The number of esters is 2. The van der Waals surface area contributed by atoms with Crippen LogP contribution in [0.5, 0.6) is 0 Å². The number of hydrogen-bond acceptors (Lipinski definition) is 4. The first-order chi connectivity index (χ1) is 7.82. The van der Waals surface area contributed by atoms with Crippen LogP contribution >= 0.6 is 0 Å². The van der Waals surface area contributed by atoms with Crippen molar-refractivity contribution in [3.63, 3.8) is 0 Å². The fourth-order valence-corrected chi connectivity index (χ4v) is 3.87. The third-order valence-corrected chi connectivity index (χ3v) is 4.71. The zero-order chi connectivity index (χ0) is 12.4. The number of rotatable bonds is 0. The summed E-state index contributed by atoms with van der Waals surface area (Å²) in [5, 5.41) is 0. The van der Waals surface area contributed by atoms with Gasteiger partial charge in [0.1, 0.15) is 11.2 Å². The molecule has 17 heavy (non-hydrogen) atoms.